The Labute approximate surface area is 75.7 Å². The third kappa shape index (κ3) is 2.26. The zero-order valence-electron chi connectivity index (χ0n) is 7.25. The summed E-state index contributed by atoms with van der Waals surface area (Å²) in [6, 6.07) is 5.89. The van der Waals surface area contributed by atoms with Gasteiger partial charge < -0.3 is 0 Å². The average Bonchev–Trinajstić information content (AvgIpc) is 2.15. The Morgan fingerprint density at radius 1 is 1.62 bits per heavy atom. The molecule has 0 radical (unpaired) electrons. The van der Waals surface area contributed by atoms with E-state index < -0.39 is 5.92 Å². The topological polar surface area (TPSA) is 55.1 Å². The summed E-state index contributed by atoms with van der Waals surface area (Å²) >= 11 is 0. The van der Waals surface area contributed by atoms with E-state index in [9.17, 15) is 9.18 Å². The Balaban J connectivity index is 2.88. The molecule has 13 heavy (non-hydrogen) atoms. The molecule has 1 atom stereocenters. The van der Waals surface area contributed by atoms with Crippen molar-refractivity contribution in [2.45, 2.75) is 12.8 Å². The maximum Gasteiger partial charge on any atom is 0.241 e. The van der Waals surface area contributed by atoms with Gasteiger partial charge in [0.2, 0.25) is 5.91 Å². The molecule has 0 aliphatic heterocycles. The number of carbonyl (C=O) groups is 1. The monoisotopic (exact) mass is 182 g/mol. The van der Waals surface area contributed by atoms with Crippen LogP contribution in [0.5, 0.6) is 0 Å². The van der Waals surface area contributed by atoms with Gasteiger partial charge in [0.05, 0.1) is 5.92 Å². The van der Waals surface area contributed by atoms with Gasteiger partial charge in [0.25, 0.3) is 0 Å². The SMILES string of the molecule is CC(C(=O)NN)c1cccc(F)c1. The van der Waals surface area contributed by atoms with E-state index in [1.54, 1.807) is 19.1 Å². The van der Waals surface area contributed by atoms with E-state index in [1.807, 2.05) is 5.43 Å². The number of nitrogens with two attached hydrogens (primary N) is 1. The minimum atomic E-state index is -0.430. The molecule has 0 aromatic heterocycles. The second-order valence-electron chi connectivity index (χ2n) is 2.79. The summed E-state index contributed by atoms with van der Waals surface area (Å²) in [5, 5.41) is 0. The van der Waals surface area contributed by atoms with E-state index in [2.05, 4.69) is 0 Å². The normalized spacial score (nSPS) is 12.2. The fourth-order valence-corrected chi connectivity index (χ4v) is 1.05. The van der Waals surface area contributed by atoms with Gasteiger partial charge in [-0.15, -0.1) is 0 Å². The molecular weight excluding hydrogens is 171 g/mol. The maximum atomic E-state index is 12.7. The molecule has 1 amide bonds. The van der Waals surface area contributed by atoms with Crippen LogP contribution in [0, 0.1) is 5.82 Å². The molecule has 3 nitrogen and oxygen atoms in total. The highest BCUT2D eigenvalue weighted by atomic mass is 19.1. The van der Waals surface area contributed by atoms with Crippen LogP contribution in [0.25, 0.3) is 0 Å². The first-order chi connectivity index (χ1) is 6.15. The molecule has 1 aromatic rings. The smallest absolute Gasteiger partial charge is 0.241 e. The zero-order valence-corrected chi connectivity index (χ0v) is 7.25. The Morgan fingerprint density at radius 3 is 2.85 bits per heavy atom. The molecule has 0 fully saturated rings. The first-order valence-electron chi connectivity index (χ1n) is 3.91. The van der Waals surface area contributed by atoms with E-state index in [0.717, 1.165) is 0 Å². The van der Waals surface area contributed by atoms with Gasteiger partial charge in [-0.05, 0) is 24.6 Å². The summed E-state index contributed by atoms with van der Waals surface area (Å²) in [5.74, 6) is 3.84. The Kier molecular flexibility index (Phi) is 2.97. The molecule has 0 heterocycles. The lowest BCUT2D eigenvalue weighted by atomic mass is 10.0. The molecule has 0 aliphatic rings. The maximum absolute atomic E-state index is 12.7. The second kappa shape index (κ2) is 4.00. The molecular formula is C9H11FN2O. The molecule has 4 heteroatoms. The number of hydrogen-bond donors (Lipinski definition) is 2. The van der Waals surface area contributed by atoms with Gasteiger partial charge in [0.1, 0.15) is 5.82 Å². The standard InChI is InChI=1S/C9H11FN2O/c1-6(9(13)12-11)7-3-2-4-8(10)5-7/h2-6H,11H2,1H3,(H,12,13). The molecule has 0 saturated heterocycles. The summed E-state index contributed by atoms with van der Waals surface area (Å²) in [6.45, 7) is 1.66. The summed E-state index contributed by atoms with van der Waals surface area (Å²) < 4.78 is 12.7. The number of rotatable bonds is 2. The number of hydrogen-bond acceptors (Lipinski definition) is 2. The highest BCUT2D eigenvalue weighted by Crippen LogP contribution is 2.15. The molecule has 70 valence electrons. The van der Waals surface area contributed by atoms with E-state index in [1.165, 1.54) is 12.1 Å². The Hall–Kier alpha value is -1.42. The molecule has 1 aromatic carbocycles. The minimum Gasteiger partial charge on any atom is -0.294 e. The molecule has 3 N–H and O–H groups in total. The lowest BCUT2D eigenvalue weighted by Gasteiger charge is -2.09. The third-order valence-electron chi connectivity index (χ3n) is 1.88. The van der Waals surface area contributed by atoms with Gasteiger partial charge in [-0.3, -0.25) is 10.2 Å². The van der Waals surface area contributed by atoms with Gasteiger partial charge in [0, 0.05) is 0 Å². The van der Waals surface area contributed by atoms with Crippen molar-refractivity contribution in [3.8, 4) is 0 Å². The predicted molar refractivity (Wildman–Crippen MR) is 47.1 cm³/mol. The largest absolute Gasteiger partial charge is 0.294 e. The van der Waals surface area contributed by atoms with E-state index in [0.29, 0.717) is 5.56 Å². The summed E-state index contributed by atoms with van der Waals surface area (Å²) in [5.41, 5.74) is 2.64. The number of halogens is 1. The summed E-state index contributed by atoms with van der Waals surface area (Å²) in [6.07, 6.45) is 0. The van der Waals surface area contributed by atoms with Crippen LogP contribution in [-0.4, -0.2) is 5.91 Å². The Morgan fingerprint density at radius 2 is 2.31 bits per heavy atom. The van der Waals surface area contributed by atoms with Crippen LogP contribution in [0.2, 0.25) is 0 Å². The van der Waals surface area contributed by atoms with Crippen molar-refractivity contribution in [3.63, 3.8) is 0 Å². The van der Waals surface area contributed by atoms with E-state index in [4.69, 9.17) is 5.84 Å². The van der Waals surface area contributed by atoms with Crippen molar-refractivity contribution >= 4 is 5.91 Å². The Bertz CT molecular complexity index is 314. The van der Waals surface area contributed by atoms with Crippen LogP contribution in [0.15, 0.2) is 24.3 Å². The van der Waals surface area contributed by atoms with Crippen LogP contribution >= 0.6 is 0 Å². The lowest BCUT2D eigenvalue weighted by molar-refractivity contribution is -0.122. The quantitative estimate of drug-likeness (QED) is 0.406. The predicted octanol–water partition coefficient (Wildman–Crippen LogP) is 0.919. The van der Waals surface area contributed by atoms with Crippen LogP contribution < -0.4 is 11.3 Å². The molecule has 0 bridgehead atoms. The van der Waals surface area contributed by atoms with Gasteiger partial charge in [-0.25, -0.2) is 10.2 Å². The fourth-order valence-electron chi connectivity index (χ4n) is 1.05. The van der Waals surface area contributed by atoms with Crippen molar-refractivity contribution in [1.82, 2.24) is 5.43 Å². The van der Waals surface area contributed by atoms with E-state index >= 15 is 0 Å². The van der Waals surface area contributed by atoms with Crippen molar-refractivity contribution in [3.05, 3.63) is 35.6 Å². The zero-order chi connectivity index (χ0) is 9.84. The second-order valence-corrected chi connectivity index (χ2v) is 2.79. The fraction of sp³-hybridized carbons (Fsp3) is 0.222. The number of benzene rings is 1. The van der Waals surface area contributed by atoms with Crippen LogP contribution in [0.3, 0.4) is 0 Å². The van der Waals surface area contributed by atoms with Crippen molar-refractivity contribution in [2.24, 2.45) is 5.84 Å². The first kappa shape index (κ1) is 9.67. The number of carbonyl (C=O) groups excluding carboxylic acids is 1. The first-order valence-corrected chi connectivity index (χ1v) is 3.91. The molecule has 0 spiro atoms. The average molecular weight is 182 g/mol. The van der Waals surface area contributed by atoms with Gasteiger partial charge >= 0.3 is 0 Å². The highest BCUT2D eigenvalue weighted by Gasteiger charge is 2.13. The molecule has 0 aliphatic carbocycles. The van der Waals surface area contributed by atoms with Gasteiger partial charge in [-0.2, -0.15) is 0 Å². The lowest BCUT2D eigenvalue weighted by Crippen LogP contribution is -2.33. The third-order valence-corrected chi connectivity index (χ3v) is 1.88. The highest BCUT2D eigenvalue weighted by molar-refractivity contribution is 5.82. The molecule has 0 saturated carbocycles. The number of hydrazine groups is 1. The van der Waals surface area contributed by atoms with Crippen LogP contribution in [0.1, 0.15) is 18.4 Å². The van der Waals surface area contributed by atoms with E-state index in [-0.39, 0.29) is 11.7 Å². The summed E-state index contributed by atoms with van der Waals surface area (Å²) in [7, 11) is 0. The van der Waals surface area contributed by atoms with Gasteiger partial charge in [-0.1, -0.05) is 12.1 Å². The molecule has 1 unspecified atom stereocenters. The summed E-state index contributed by atoms with van der Waals surface area (Å²) in [4.78, 5) is 11.1. The molecule has 1 rings (SSSR count). The van der Waals surface area contributed by atoms with Crippen molar-refractivity contribution < 1.29 is 9.18 Å². The number of nitrogens with one attached hydrogen (secondary N) is 1. The van der Waals surface area contributed by atoms with Crippen LogP contribution in [0.4, 0.5) is 4.39 Å². The van der Waals surface area contributed by atoms with Crippen molar-refractivity contribution in [2.75, 3.05) is 0 Å². The van der Waals surface area contributed by atoms with Crippen molar-refractivity contribution in [1.29, 1.82) is 0 Å². The van der Waals surface area contributed by atoms with Gasteiger partial charge in [0.15, 0.2) is 0 Å². The minimum absolute atomic E-state index is 0.328. The van der Waals surface area contributed by atoms with Crippen LogP contribution in [-0.2, 0) is 4.79 Å². The number of amides is 1.